The van der Waals surface area contributed by atoms with Gasteiger partial charge >= 0.3 is 0 Å². The van der Waals surface area contributed by atoms with Gasteiger partial charge < -0.3 is 14.8 Å². The molecule has 0 unspecified atom stereocenters. The van der Waals surface area contributed by atoms with E-state index in [1.165, 1.54) is 14.0 Å². The van der Waals surface area contributed by atoms with Crippen LogP contribution in [0.2, 0.25) is 5.02 Å². The number of aliphatic imine (C=N–C) groups is 1. The van der Waals surface area contributed by atoms with E-state index in [0.29, 0.717) is 33.6 Å². The molecular weight excluding hydrogens is 480 g/mol. The molecule has 29 heavy (non-hydrogen) atoms. The molecule has 1 heterocycles. The number of amides is 2. The molecule has 3 rings (SSSR count). The summed E-state index contributed by atoms with van der Waals surface area (Å²) in [6, 6.07) is 11.1. The minimum absolute atomic E-state index is 0.251. The summed E-state index contributed by atoms with van der Waals surface area (Å²) in [5.41, 5.74) is 1.63. The van der Waals surface area contributed by atoms with Crippen molar-refractivity contribution in [2.45, 2.75) is 13.5 Å². The molecule has 2 amide bonds. The summed E-state index contributed by atoms with van der Waals surface area (Å²) >= 11 is 10.9. The Kier molecular flexibility index (Phi) is 7.00. The Labute approximate surface area is 185 Å². The van der Waals surface area contributed by atoms with Gasteiger partial charge in [0.2, 0.25) is 5.91 Å². The first-order chi connectivity index (χ1) is 13.9. The lowest BCUT2D eigenvalue weighted by molar-refractivity contribution is -0.117. The van der Waals surface area contributed by atoms with E-state index in [9.17, 15) is 9.59 Å². The van der Waals surface area contributed by atoms with Gasteiger partial charge in [-0.15, -0.1) is 0 Å². The van der Waals surface area contributed by atoms with Gasteiger partial charge in [0.05, 0.1) is 17.0 Å². The Morgan fingerprint density at radius 3 is 2.69 bits per heavy atom. The largest absolute Gasteiger partial charge is 0.493 e. The summed E-state index contributed by atoms with van der Waals surface area (Å²) < 4.78 is 12.3. The van der Waals surface area contributed by atoms with Crippen LogP contribution in [0.3, 0.4) is 0 Å². The molecule has 0 aromatic heterocycles. The molecule has 6 nitrogen and oxygen atoms in total. The quantitative estimate of drug-likeness (QED) is 0.603. The van der Waals surface area contributed by atoms with E-state index in [1.807, 2.05) is 24.3 Å². The van der Waals surface area contributed by atoms with E-state index >= 15 is 0 Å². The zero-order valence-corrected chi connectivity index (χ0v) is 18.7. The van der Waals surface area contributed by atoms with Crippen LogP contribution >= 0.6 is 39.3 Å². The van der Waals surface area contributed by atoms with Crippen LogP contribution in [0.25, 0.3) is 6.08 Å². The SMILES string of the molecule is COc1cc(/C=C2\SC(NC(C)=O)=NC2=O)cc(Cl)c1OCc1ccc(Br)cc1. The van der Waals surface area contributed by atoms with E-state index in [-0.39, 0.29) is 11.1 Å². The molecule has 1 aliphatic rings. The first-order valence-electron chi connectivity index (χ1n) is 8.40. The van der Waals surface area contributed by atoms with E-state index in [4.69, 9.17) is 21.1 Å². The summed E-state index contributed by atoms with van der Waals surface area (Å²) in [6.07, 6.45) is 1.64. The molecule has 0 spiro atoms. The highest BCUT2D eigenvalue weighted by Gasteiger charge is 2.23. The maximum Gasteiger partial charge on any atom is 0.286 e. The number of nitrogens with zero attached hydrogens (tertiary/aromatic N) is 1. The number of hydrogen-bond donors (Lipinski definition) is 1. The second kappa shape index (κ2) is 9.47. The summed E-state index contributed by atoms with van der Waals surface area (Å²) in [5, 5.41) is 3.11. The minimum Gasteiger partial charge on any atom is -0.493 e. The number of halogens is 2. The van der Waals surface area contributed by atoms with Crippen molar-refractivity contribution in [2.75, 3.05) is 7.11 Å². The molecule has 1 N–H and O–H groups in total. The smallest absolute Gasteiger partial charge is 0.286 e. The molecule has 0 radical (unpaired) electrons. The Morgan fingerprint density at radius 2 is 2.03 bits per heavy atom. The molecule has 0 bridgehead atoms. The zero-order valence-electron chi connectivity index (χ0n) is 15.5. The number of carbonyl (C=O) groups excluding carboxylic acids is 2. The van der Waals surface area contributed by atoms with Gasteiger partial charge in [-0.3, -0.25) is 9.59 Å². The number of hydrogen-bond acceptors (Lipinski definition) is 5. The van der Waals surface area contributed by atoms with E-state index in [2.05, 4.69) is 26.2 Å². The fraction of sp³-hybridized carbons (Fsp3) is 0.150. The Bertz CT molecular complexity index is 1020. The van der Waals surface area contributed by atoms with Gasteiger partial charge in [0.1, 0.15) is 6.61 Å². The predicted molar refractivity (Wildman–Crippen MR) is 118 cm³/mol. The first-order valence-corrected chi connectivity index (χ1v) is 10.4. The second-order valence-corrected chi connectivity index (χ2v) is 8.32. The van der Waals surface area contributed by atoms with Gasteiger partial charge in [-0.25, -0.2) is 0 Å². The molecule has 2 aromatic rings. The Balaban J connectivity index is 1.79. The fourth-order valence-corrected chi connectivity index (χ4v) is 3.86. The molecule has 150 valence electrons. The minimum atomic E-state index is -0.426. The molecule has 2 aromatic carbocycles. The second-order valence-electron chi connectivity index (χ2n) is 5.96. The Hall–Kier alpha value is -2.29. The third kappa shape index (κ3) is 5.62. The van der Waals surface area contributed by atoms with Crippen molar-refractivity contribution < 1.29 is 19.1 Å². The van der Waals surface area contributed by atoms with Crippen molar-refractivity contribution in [3.8, 4) is 11.5 Å². The van der Waals surface area contributed by atoms with Crippen LogP contribution in [0, 0.1) is 0 Å². The molecule has 9 heteroatoms. The molecular formula is C20H16BrClN2O4S. The lowest BCUT2D eigenvalue weighted by Crippen LogP contribution is -2.23. The number of amidine groups is 1. The maximum absolute atomic E-state index is 12.0. The van der Waals surface area contributed by atoms with Gasteiger partial charge in [-0.1, -0.05) is 39.7 Å². The van der Waals surface area contributed by atoms with Gasteiger partial charge in [-0.2, -0.15) is 4.99 Å². The monoisotopic (exact) mass is 494 g/mol. The number of methoxy groups -OCH3 is 1. The highest BCUT2D eigenvalue weighted by Crippen LogP contribution is 2.38. The van der Waals surface area contributed by atoms with Crippen LogP contribution < -0.4 is 14.8 Å². The van der Waals surface area contributed by atoms with Crippen molar-refractivity contribution in [2.24, 2.45) is 4.99 Å². The number of nitrogens with one attached hydrogen (secondary N) is 1. The van der Waals surface area contributed by atoms with E-state index < -0.39 is 5.91 Å². The van der Waals surface area contributed by atoms with Crippen LogP contribution in [0.15, 0.2) is 50.8 Å². The number of ether oxygens (including phenoxy) is 2. The average molecular weight is 496 g/mol. The molecule has 1 aliphatic heterocycles. The van der Waals surface area contributed by atoms with Crippen LogP contribution in [-0.2, 0) is 16.2 Å². The number of carbonyl (C=O) groups is 2. The van der Waals surface area contributed by atoms with E-state index in [0.717, 1.165) is 21.8 Å². The van der Waals surface area contributed by atoms with Gasteiger partial charge in [0.15, 0.2) is 16.7 Å². The first kappa shape index (κ1) is 21.4. The zero-order chi connectivity index (χ0) is 21.0. The van der Waals surface area contributed by atoms with Gasteiger partial charge in [-0.05, 0) is 53.2 Å². The van der Waals surface area contributed by atoms with Crippen LogP contribution in [-0.4, -0.2) is 24.1 Å². The highest BCUT2D eigenvalue weighted by molar-refractivity contribution is 9.10. The molecule has 0 aliphatic carbocycles. The highest BCUT2D eigenvalue weighted by atomic mass is 79.9. The normalized spacial score (nSPS) is 14.7. The third-order valence-electron chi connectivity index (χ3n) is 3.75. The summed E-state index contributed by atoms with van der Waals surface area (Å²) in [7, 11) is 1.52. The molecule has 0 saturated heterocycles. The van der Waals surface area contributed by atoms with Gasteiger partial charge in [0.25, 0.3) is 5.91 Å². The predicted octanol–water partition coefficient (Wildman–Crippen LogP) is 4.80. The molecule has 0 fully saturated rings. The number of benzene rings is 2. The maximum atomic E-state index is 12.0. The van der Waals surface area contributed by atoms with E-state index in [1.54, 1.807) is 18.2 Å². The van der Waals surface area contributed by atoms with Crippen molar-refractivity contribution >= 4 is 62.4 Å². The van der Waals surface area contributed by atoms with Crippen LogP contribution in [0.4, 0.5) is 0 Å². The standard InChI is InChI=1S/C20H16BrClN2O4S/c1-11(25)23-20-24-19(26)17(29-20)9-13-7-15(22)18(16(8-13)27-2)28-10-12-3-5-14(21)6-4-12/h3-9H,10H2,1-2H3,(H,23,24,25,26)/b17-9-. The van der Waals surface area contributed by atoms with Crippen LogP contribution in [0.5, 0.6) is 11.5 Å². The van der Waals surface area contributed by atoms with Crippen molar-refractivity contribution in [3.63, 3.8) is 0 Å². The lowest BCUT2D eigenvalue weighted by atomic mass is 10.1. The van der Waals surface area contributed by atoms with Crippen LogP contribution in [0.1, 0.15) is 18.1 Å². The summed E-state index contributed by atoms with van der Waals surface area (Å²) in [4.78, 5) is 27.3. The summed E-state index contributed by atoms with van der Waals surface area (Å²) in [6.45, 7) is 1.68. The van der Waals surface area contributed by atoms with Gasteiger partial charge in [0, 0.05) is 11.4 Å². The van der Waals surface area contributed by atoms with Crippen molar-refractivity contribution in [1.82, 2.24) is 5.32 Å². The number of thioether (sulfide) groups is 1. The molecule has 0 saturated carbocycles. The van der Waals surface area contributed by atoms with Crippen molar-refractivity contribution in [3.05, 3.63) is 61.9 Å². The average Bonchev–Trinajstić information content (AvgIpc) is 2.99. The Morgan fingerprint density at radius 1 is 1.31 bits per heavy atom. The van der Waals surface area contributed by atoms with Crippen molar-refractivity contribution in [1.29, 1.82) is 0 Å². The summed E-state index contributed by atoms with van der Waals surface area (Å²) in [5.74, 6) is 0.145. The molecule has 0 atom stereocenters. The topological polar surface area (TPSA) is 77.0 Å². The number of rotatable bonds is 5. The third-order valence-corrected chi connectivity index (χ3v) is 5.46. The fourth-order valence-electron chi connectivity index (χ4n) is 2.46. The lowest BCUT2D eigenvalue weighted by Gasteiger charge is -2.13.